The Morgan fingerprint density at radius 3 is 2.81 bits per heavy atom. The molecule has 0 atom stereocenters. The molecule has 0 radical (unpaired) electrons. The number of rotatable bonds is 3. The van der Waals surface area contributed by atoms with Gasteiger partial charge in [0.1, 0.15) is 12.1 Å². The van der Waals surface area contributed by atoms with E-state index >= 15 is 0 Å². The Morgan fingerprint density at radius 1 is 1.15 bits per heavy atom. The van der Waals surface area contributed by atoms with Gasteiger partial charge < -0.3 is 4.90 Å². The fourth-order valence-electron chi connectivity index (χ4n) is 3.20. The Morgan fingerprint density at radius 2 is 2.04 bits per heavy atom. The Kier molecular flexibility index (Phi) is 4.50. The molecule has 3 heterocycles. The van der Waals surface area contributed by atoms with Crippen molar-refractivity contribution in [1.29, 1.82) is 0 Å². The van der Waals surface area contributed by atoms with Gasteiger partial charge in [-0.15, -0.1) is 0 Å². The van der Waals surface area contributed by atoms with E-state index < -0.39 is 0 Å². The van der Waals surface area contributed by atoms with E-state index in [9.17, 15) is 9.18 Å². The third-order valence-electron chi connectivity index (χ3n) is 4.58. The molecule has 6 nitrogen and oxygen atoms in total. The van der Waals surface area contributed by atoms with Crippen molar-refractivity contribution < 1.29 is 4.39 Å². The van der Waals surface area contributed by atoms with Crippen LogP contribution in [-0.2, 0) is 7.05 Å². The average molecular weight is 363 g/mol. The zero-order chi connectivity index (χ0) is 18.8. The second kappa shape index (κ2) is 7.11. The van der Waals surface area contributed by atoms with Gasteiger partial charge in [0.05, 0.1) is 11.4 Å². The lowest BCUT2D eigenvalue weighted by Gasteiger charge is -2.29. The fourth-order valence-corrected chi connectivity index (χ4v) is 3.20. The van der Waals surface area contributed by atoms with Gasteiger partial charge in [0, 0.05) is 32.4 Å². The summed E-state index contributed by atoms with van der Waals surface area (Å²) < 4.78 is 15.1. The van der Waals surface area contributed by atoms with Crippen molar-refractivity contribution in [2.75, 3.05) is 18.0 Å². The molecule has 0 fully saturated rings. The minimum atomic E-state index is -0.262. The lowest BCUT2D eigenvalue weighted by molar-refractivity contribution is 0.627. The van der Waals surface area contributed by atoms with Crippen molar-refractivity contribution in [2.45, 2.75) is 6.42 Å². The second-order valence-corrected chi connectivity index (χ2v) is 6.38. The molecule has 0 bridgehead atoms. The summed E-state index contributed by atoms with van der Waals surface area (Å²) in [5.74, 6) is 0.305. The van der Waals surface area contributed by atoms with Crippen LogP contribution in [0.15, 0.2) is 59.8 Å². The van der Waals surface area contributed by atoms with Gasteiger partial charge in [-0.05, 0) is 35.8 Å². The number of benzene rings is 1. The lowest BCUT2D eigenvalue weighted by Crippen LogP contribution is -2.35. The smallest absolute Gasteiger partial charge is 0.255 e. The summed E-state index contributed by atoms with van der Waals surface area (Å²) in [4.78, 5) is 27.3. The molecule has 1 aromatic carbocycles. The summed E-state index contributed by atoms with van der Waals surface area (Å²) in [6.45, 7) is 1.28. The molecule has 136 valence electrons. The molecule has 7 heteroatoms. The summed E-state index contributed by atoms with van der Waals surface area (Å²) in [6.07, 6.45) is 5.95. The van der Waals surface area contributed by atoms with Gasteiger partial charge in [-0.2, -0.15) is 0 Å². The van der Waals surface area contributed by atoms with Gasteiger partial charge in [0.15, 0.2) is 0 Å². The Bertz CT molecular complexity index is 1060. The molecule has 0 saturated carbocycles. The third kappa shape index (κ3) is 3.48. The van der Waals surface area contributed by atoms with Gasteiger partial charge in [-0.25, -0.2) is 19.3 Å². The minimum Gasteiger partial charge on any atom is -0.338 e. The summed E-state index contributed by atoms with van der Waals surface area (Å²) in [7, 11) is 1.70. The van der Waals surface area contributed by atoms with Crippen LogP contribution in [0.1, 0.15) is 12.0 Å². The number of hydrogen-bond acceptors (Lipinski definition) is 5. The van der Waals surface area contributed by atoms with Gasteiger partial charge in [0.2, 0.25) is 5.95 Å². The zero-order valence-corrected chi connectivity index (χ0v) is 14.8. The summed E-state index contributed by atoms with van der Waals surface area (Å²) in [5, 5.41) is 0. The quantitative estimate of drug-likeness (QED) is 0.716. The molecule has 0 unspecified atom stereocenters. The van der Waals surface area contributed by atoms with Crippen LogP contribution >= 0.6 is 0 Å². The Labute approximate surface area is 155 Å². The van der Waals surface area contributed by atoms with Crippen LogP contribution in [0.5, 0.6) is 0 Å². The van der Waals surface area contributed by atoms with Crippen molar-refractivity contribution in [3.8, 4) is 11.4 Å². The van der Waals surface area contributed by atoms with Gasteiger partial charge in [-0.1, -0.05) is 18.2 Å². The molecule has 2 aromatic heterocycles. The molecule has 1 aliphatic heterocycles. The van der Waals surface area contributed by atoms with Gasteiger partial charge in [0.25, 0.3) is 5.56 Å². The van der Waals surface area contributed by atoms with E-state index in [1.165, 1.54) is 29.1 Å². The van der Waals surface area contributed by atoms with Crippen LogP contribution in [0.2, 0.25) is 0 Å². The maximum Gasteiger partial charge on any atom is 0.255 e. The van der Waals surface area contributed by atoms with E-state index in [1.807, 2.05) is 11.0 Å². The van der Waals surface area contributed by atoms with E-state index in [0.29, 0.717) is 23.9 Å². The maximum absolute atomic E-state index is 13.6. The first-order chi connectivity index (χ1) is 13.1. The molecule has 0 N–H and O–H groups in total. The minimum absolute atomic E-state index is 0.157. The average Bonchev–Trinajstić information content (AvgIpc) is 2.71. The zero-order valence-electron chi connectivity index (χ0n) is 14.8. The standard InChI is InChI=1S/C20H18FN5O/c1-25-19(27)11-18(17-7-8-22-13-23-17)24-20(25)26-9-3-5-15(12-26)14-4-2-6-16(21)10-14/h2,4-8,10-11,13H,3,9,12H2,1H3. The predicted octanol–water partition coefficient (Wildman–Crippen LogP) is 2.67. The molecular weight excluding hydrogens is 345 g/mol. The highest BCUT2D eigenvalue weighted by Gasteiger charge is 2.19. The molecule has 3 aromatic rings. The van der Waals surface area contributed by atoms with Crippen LogP contribution in [0.3, 0.4) is 0 Å². The monoisotopic (exact) mass is 363 g/mol. The summed E-state index contributed by atoms with van der Waals surface area (Å²) in [6, 6.07) is 9.75. The highest BCUT2D eigenvalue weighted by atomic mass is 19.1. The van der Waals surface area contributed by atoms with Crippen molar-refractivity contribution in [3.05, 3.63) is 76.7 Å². The van der Waals surface area contributed by atoms with E-state index in [1.54, 1.807) is 25.4 Å². The number of halogens is 1. The van der Waals surface area contributed by atoms with Crippen molar-refractivity contribution >= 4 is 11.5 Å². The maximum atomic E-state index is 13.6. The largest absolute Gasteiger partial charge is 0.338 e. The van der Waals surface area contributed by atoms with Crippen LogP contribution in [0, 0.1) is 5.82 Å². The summed E-state index contributed by atoms with van der Waals surface area (Å²) >= 11 is 0. The van der Waals surface area contributed by atoms with Crippen LogP contribution in [-0.4, -0.2) is 32.6 Å². The Balaban J connectivity index is 1.70. The van der Waals surface area contributed by atoms with Crippen molar-refractivity contribution in [3.63, 3.8) is 0 Å². The molecule has 0 amide bonds. The Hall–Kier alpha value is -3.35. The van der Waals surface area contributed by atoms with E-state index in [-0.39, 0.29) is 11.4 Å². The first-order valence-electron chi connectivity index (χ1n) is 8.66. The molecule has 4 rings (SSSR count). The SMILES string of the molecule is Cn1c(N2CCC=C(c3cccc(F)c3)C2)nc(-c2ccncn2)cc1=O. The van der Waals surface area contributed by atoms with Crippen LogP contribution < -0.4 is 10.5 Å². The fraction of sp³-hybridized carbons (Fsp3) is 0.200. The topological polar surface area (TPSA) is 63.9 Å². The molecule has 27 heavy (non-hydrogen) atoms. The number of nitrogens with zero attached hydrogens (tertiary/aromatic N) is 5. The number of hydrogen-bond donors (Lipinski definition) is 0. The van der Waals surface area contributed by atoms with Gasteiger partial charge in [-0.3, -0.25) is 9.36 Å². The van der Waals surface area contributed by atoms with Gasteiger partial charge >= 0.3 is 0 Å². The van der Waals surface area contributed by atoms with E-state index in [0.717, 1.165) is 24.1 Å². The molecule has 0 saturated heterocycles. The van der Waals surface area contributed by atoms with Crippen molar-refractivity contribution in [1.82, 2.24) is 19.5 Å². The third-order valence-corrected chi connectivity index (χ3v) is 4.58. The van der Waals surface area contributed by atoms with E-state index in [2.05, 4.69) is 21.0 Å². The highest BCUT2D eigenvalue weighted by molar-refractivity contribution is 5.71. The molecule has 0 spiro atoms. The number of anilines is 1. The van der Waals surface area contributed by atoms with E-state index in [4.69, 9.17) is 0 Å². The highest BCUT2D eigenvalue weighted by Crippen LogP contribution is 2.25. The lowest BCUT2D eigenvalue weighted by atomic mass is 10.0. The first kappa shape index (κ1) is 17.1. The second-order valence-electron chi connectivity index (χ2n) is 6.38. The van der Waals surface area contributed by atoms with Crippen LogP contribution in [0.25, 0.3) is 17.0 Å². The summed E-state index contributed by atoms with van der Waals surface area (Å²) in [5.41, 5.74) is 2.81. The molecular formula is C20H18FN5O. The number of aromatic nitrogens is 4. The van der Waals surface area contributed by atoms with Crippen LogP contribution in [0.4, 0.5) is 10.3 Å². The molecule has 1 aliphatic rings. The first-order valence-corrected chi connectivity index (χ1v) is 8.66. The molecule has 0 aliphatic carbocycles. The van der Waals surface area contributed by atoms with Crippen molar-refractivity contribution in [2.24, 2.45) is 7.05 Å². The normalized spacial score (nSPS) is 14.1. The predicted molar refractivity (Wildman–Crippen MR) is 102 cm³/mol.